The SMILES string of the molecule is Cc1ccc(CN2C(=O)CCC2C(=O)NCCN)cc1. The van der Waals surface area contributed by atoms with Crippen LogP contribution in [0, 0.1) is 6.92 Å². The standard InChI is InChI=1S/C15H21N3O2/c1-11-2-4-12(5-3-11)10-18-13(6-7-14(18)19)15(20)17-9-8-16/h2-5,13H,6-10,16H2,1H3,(H,17,20). The molecule has 1 saturated heterocycles. The Morgan fingerprint density at radius 1 is 1.40 bits per heavy atom. The summed E-state index contributed by atoms with van der Waals surface area (Å²) in [6.45, 7) is 3.36. The van der Waals surface area contributed by atoms with Crippen molar-refractivity contribution in [1.29, 1.82) is 0 Å². The lowest BCUT2D eigenvalue weighted by Crippen LogP contribution is -2.45. The molecule has 1 atom stereocenters. The highest BCUT2D eigenvalue weighted by atomic mass is 16.2. The largest absolute Gasteiger partial charge is 0.353 e. The number of carbonyl (C=O) groups is 2. The second-order valence-electron chi connectivity index (χ2n) is 5.14. The summed E-state index contributed by atoms with van der Waals surface area (Å²) >= 11 is 0. The Bertz CT molecular complexity index is 484. The van der Waals surface area contributed by atoms with Crippen LogP contribution in [0.2, 0.25) is 0 Å². The molecule has 2 rings (SSSR count). The summed E-state index contributed by atoms with van der Waals surface area (Å²) in [5, 5.41) is 2.76. The number of benzene rings is 1. The highest BCUT2D eigenvalue weighted by Crippen LogP contribution is 2.21. The zero-order chi connectivity index (χ0) is 14.5. The first-order valence-corrected chi connectivity index (χ1v) is 6.94. The van der Waals surface area contributed by atoms with Crippen molar-refractivity contribution in [1.82, 2.24) is 10.2 Å². The molecule has 3 N–H and O–H groups in total. The van der Waals surface area contributed by atoms with Crippen molar-refractivity contribution in [2.75, 3.05) is 13.1 Å². The van der Waals surface area contributed by atoms with E-state index < -0.39 is 0 Å². The number of nitrogens with one attached hydrogen (secondary N) is 1. The van der Waals surface area contributed by atoms with Crippen molar-refractivity contribution in [3.63, 3.8) is 0 Å². The lowest BCUT2D eigenvalue weighted by atomic mass is 10.1. The van der Waals surface area contributed by atoms with Crippen molar-refractivity contribution in [3.8, 4) is 0 Å². The predicted octanol–water partition coefficient (Wildman–Crippen LogP) is 0.561. The maximum Gasteiger partial charge on any atom is 0.242 e. The second-order valence-corrected chi connectivity index (χ2v) is 5.14. The quantitative estimate of drug-likeness (QED) is 0.824. The maximum absolute atomic E-state index is 12.0. The van der Waals surface area contributed by atoms with Crippen LogP contribution in [-0.2, 0) is 16.1 Å². The van der Waals surface area contributed by atoms with Crippen molar-refractivity contribution < 1.29 is 9.59 Å². The second kappa shape index (κ2) is 6.52. The van der Waals surface area contributed by atoms with Gasteiger partial charge in [-0.1, -0.05) is 29.8 Å². The molecule has 1 fully saturated rings. The van der Waals surface area contributed by atoms with Gasteiger partial charge in [0, 0.05) is 26.1 Å². The molecule has 1 aliphatic rings. The highest BCUT2D eigenvalue weighted by molar-refractivity contribution is 5.90. The molecule has 1 aromatic rings. The number of amides is 2. The van der Waals surface area contributed by atoms with Gasteiger partial charge in [-0.15, -0.1) is 0 Å². The van der Waals surface area contributed by atoms with E-state index in [1.54, 1.807) is 4.90 Å². The molecule has 1 aromatic carbocycles. The van der Waals surface area contributed by atoms with Gasteiger partial charge in [-0.2, -0.15) is 0 Å². The number of hydrogen-bond donors (Lipinski definition) is 2. The zero-order valence-corrected chi connectivity index (χ0v) is 11.8. The first-order valence-electron chi connectivity index (χ1n) is 6.94. The Labute approximate surface area is 119 Å². The third-order valence-electron chi connectivity index (χ3n) is 3.55. The first kappa shape index (κ1) is 14.5. The number of rotatable bonds is 5. The third kappa shape index (κ3) is 3.36. The molecular weight excluding hydrogens is 254 g/mol. The van der Waals surface area contributed by atoms with Gasteiger partial charge in [0.05, 0.1) is 0 Å². The number of hydrogen-bond acceptors (Lipinski definition) is 3. The molecule has 0 bridgehead atoms. The molecule has 20 heavy (non-hydrogen) atoms. The monoisotopic (exact) mass is 275 g/mol. The molecule has 1 heterocycles. The van der Waals surface area contributed by atoms with Crippen LogP contribution in [0.1, 0.15) is 24.0 Å². The van der Waals surface area contributed by atoms with Crippen LogP contribution in [0.3, 0.4) is 0 Å². The van der Waals surface area contributed by atoms with Gasteiger partial charge in [0.25, 0.3) is 0 Å². The molecule has 1 aliphatic heterocycles. The van der Waals surface area contributed by atoms with Gasteiger partial charge < -0.3 is 16.0 Å². The smallest absolute Gasteiger partial charge is 0.242 e. The fraction of sp³-hybridized carbons (Fsp3) is 0.467. The van der Waals surface area contributed by atoms with Crippen molar-refractivity contribution >= 4 is 11.8 Å². The van der Waals surface area contributed by atoms with E-state index in [4.69, 9.17) is 5.73 Å². The first-order chi connectivity index (χ1) is 9.61. The Kier molecular flexibility index (Phi) is 4.74. The molecule has 2 amide bonds. The van der Waals surface area contributed by atoms with Gasteiger partial charge in [-0.05, 0) is 18.9 Å². The minimum atomic E-state index is -0.365. The van der Waals surface area contributed by atoms with Gasteiger partial charge in [-0.3, -0.25) is 9.59 Å². The zero-order valence-electron chi connectivity index (χ0n) is 11.8. The van der Waals surface area contributed by atoms with Crippen LogP contribution in [-0.4, -0.2) is 35.8 Å². The van der Waals surface area contributed by atoms with Gasteiger partial charge in [-0.25, -0.2) is 0 Å². The summed E-state index contributed by atoms with van der Waals surface area (Å²) in [7, 11) is 0. The fourth-order valence-corrected chi connectivity index (χ4v) is 2.41. The van der Waals surface area contributed by atoms with Gasteiger partial charge >= 0.3 is 0 Å². The molecule has 0 radical (unpaired) electrons. The normalized spacial score (nSPS) is 18.4. The Morgan fingerprint density at radius 2 is 2.10 bits per heavy atom. The molecule has 108 valence electrons. The number of nitrogens with two attached hydrogens (primary N) is 1. The summed E-state index contributed by atoms with van der Waals surface area (Å²) in [4.78, 5) is 25.7. The van der Waals surface area contributed by atoms with Gasteiger partial charge in [0.2, 0.25) is 11.8 Å². The summed E-state index contributed by atoms with van der Waals surface area (Å²) < 4.78 is 0. The number of likely N-dealkylation sites (tertiary alicyclic amines) is 1. The highest BCUT2D eigenvalue weighted by Gasteiger charge is 2.35. The van der Waals surface area contributed by atoms with Gasteiger partial charge in [0.15, 0.2) is 0 Å². The van der Waals surface area contributed by atoms with E-state index in [0.717, 1.165) is 5.56 Å². The van der Waals surface area contributed by atoms with Crippen LogP contribution >= 0.6 is 0 Å². The molecular formula is C15H21N3O2. The van der Waals surface area contributed by atoms with E-state index in [2.05, 4.69) is 5.32 Å². The number of carbonyl (C=O) groups excluding carboxylic acids is 2. The average Bonchev–Trinajstić information content (AvgIpc) is 2.80. The van der Waals surface area contributed by atoms with Crippen LogP contribution < -0.4 is 11.1 Å². The predicted molar refractivity (Wildman–Crippen MR) is 76.8 cm³/mol. The Morgan fingerprint density at radius 3 is 2.75 bits per heavy atom. The number of aryl methyl sites for hydroxylation is 1. The Balaban J connectivity index is 2.04. The van der Waals surface area contributed by atoms with Crippen LogP contribution in [0.15, 0.2) is 24.3 Å². The lowest BCUT2D eigenvalue weighted by Gasteiger charge is -2.24. The Hall–Kier alpha value is -1.88. The van der Waals surface area contributed by atoms with Crippen molar-refractivity contribution in [2.45, 2.75) is 32.4 Å². The van der Waals surface area contributed by atoms with E-state index >= 15 is 0 Å². The van der Waals surface area contributed by atoms with E-state index in [0.29, 0.717) is 32.5 Å². The maximum atomic E-state index is 12.0. The molecule has 0 aliphatic carbocycles. The third-order valence-corrected chi connectivity index (χ3v) is 3.55. The van der Waals surface area contributed by atoms with Gasteiger partial charge in [0.1, 0.15) is 6.04 Å². The molecule has 1 unspecified atom stereocenters. The van der Waals surface area contributed by atoms with E-state index in [-0.39, 0.29) is 17.9 Å². The van der Waals surface area contributed by atoms with E-state index in [1.807, 2.05) is 31.2 Å². The fourth-order valence-electron chi connectivity index (χ4n) is 2.41. The molecule has 5 heteroatoms. The summed E-state index contributed by atoms with van der Waals surface area (Å²) in [5.41, 5.74) is 7.60. The molecule has 0 saturated carbocycles. The van der Waals surface area contributed by atoms with Crippen molar-refractivity contribution in [2.24, 2.45) is 5.73 Å². The molecule has 0 spiro atoms. The van der Waals surface area contributed by atoms with Crippen LogP contribution in [0.4, 0.5) is 0 Å². The average molecular weight is 275 g/mol. The minimum Gasteiger partial charge on any atom is -0.353 e. The topological polar surface area (TPSA) is 75.4 Å². The number of nitrogens with zero attached hydrogens (tertiary/aromatic N) is 1. The summed E-state index contributed by atoms with van der Waals surface area (Å²) in [6.07, 6.45) is 1.02. The van der Waals surface area contributed by atoms with Crippen LogP contribution in [0.5, 0.6) is 0 Å². The molecule has 0 aromatic heterocycles. The molecule has 5 nitrogen and oxygen atoms in total. The lowest BCUT2D eigenvalue weighted by molar-refractivity contribution is -0.135. The summed E-state index contributed by atoms with van der Waals surface area (Å²) in [6, 6.07) is 7.65. The van der Waals surface area contributed by atoms with Crippen LogP contribution in [0.25, 0.3) is 0 Å². The summed E-state index contributed by atoms with van der Waals surface area (Å²) in [5.74, 6) is -0.0631. The van der Waals surface area contributed by atoms with E-state index in [9.17, 15) is 9.59 Å². The minimum absolute atomic E-state index is 0.0403. The van der Waals surface area contributed by atoms with E-state index in [1.165, 1.54) is 5.56 Å². The van der Waals surface area contributed by atoms with Crippen molar-refractivity contribution in [3.05, 3.63) is 35.4 Å².